The van der Waals surface area contributed by atoms with Crippen molar-refractivity contribution in [1.29, 1.82) is 0 Å². The fourth-order valence-electron chi connectivity index (χ4n) is 2.45. The number of nitrogens with zero attached hydrogens (tertiary/aromatic N) is 1. The SMILES string of the molecule is COc1c(Cl)ccc(Cl)c1C(=O)NCCc1nc2ccccc2[nH]1. The minimum atomic E-state index is -0.338. The summed E-state index contributed by atoms with van der Waals surface area (Å²) in [6.07, 6.45) is 0.570. The van der Waals surface area contributed by atoms with Crippen molar-refractivity contribution in [2.75, 3.05) is 13.7 Å². The number of benzene rings is 2. The molecule has 2 N–H and O–H groups in total. The molecule has 0 aliphatic carbocycles. The first-order valence-electron chi connectivity index (χ1n) is 7.34. The zero-order valence-corrected chi connectivity index (χ0v) is 14.4. The summed E-state index contributed by atoms with van der Waals surface area (Å²) in [5.74, 6) is 0.738. The first-order valence-corrected chi connectivity index (χ1v) is 8.09. The van der Waals surface area contributed by atoms with Gasteiger partial charge in [-0.05, 0) is 24.3 Å². The molecule has 0 fully saturated rings. The zero-order valence-electron chi connectivity index (χ0n) is 12.9. The number of hydrogen-bond donors (Lipinski definition) is 2. The molecule has 1 amide bonds. The molecule has 0 aliphatic rings. The van der Waals surface area contributed by atoms with E-state index < -0.39 is 0 Å². The largest absolute Gasteiger partial charge is 0.494 e. The number of methoxy groups -OCH3 is 1. The van der Waals surface area contributed by atoms with Crippen LogP contribution in [0.2, 0.25) is 10.0 Å². The molecule has 0 aliphatic heterocycles. The highest BCUT2D eigenvalue weighted by atomic mass is 35.5. The van der Waals surface area contributed by atoms with Gasteiger partial charge in [-0.15, -0.1) is 0 Å². The van der Waals surface area contributed by atoms with Crippen molar-refractivity contribution in [3.63, 3.8) is 0 Å². The van der Waals surface area contributed by atoms with Crippen molar-refractivity contribution in [3.8, 4) is 5.75 Å². The van der Waals surface area contributed by atoms with Gasteiger partial charge in [0.1, 0.15) is 11.4 Å². The minimum absolute atomic E-state index is 0.233. The molecule has 1 aromatic heterocycles. The first kappa shape index (κ1) is 16.6. The minimum Gasteiger partial charge on any atom is -0.494 e. The van der Waals surface area contributed by atoms with E-state index in [-0.39, 0.29) is 22.2 Å². The van der Waals surface area contributed by atoms with Gasteiger partial charge in [-0.1, -0.05) is 35.3 Å². The van der Waals surface area contributed by atoms with Crippen LogP contribution in [0.15, 0.2) is 36.4 Å². The normalized spacial score (nSPS) is 10.8. The van der Waals surface area contributed by atoms with Crippen molar-refractivity contribution in [2.24, 2.45) is 0 Å². The van der Waals surface area contributed by atoms with E-state index in [1.807, 2.05) is 24.3 Å². The zero-order chi connectivity index (χ0) is 17.1. The molecule has 3 rings (SSSR count). The van der Waals surface area contributed by atoms with Crippen LogP contribution >= 0.6 is 23.2 Å². The number of para-hydroxylation sites is 2. The van der Waals surface area contributed by atoms with Crippen molar-refractivity contribution in [1.82, 2.24) is 15.3 Å². The molecule has 0 spiro atoms. The van der Waals surface area contributed by atoms with Gasteiger partial charge < -0.3 is 15.0 Å². The number of carbonyl (C=O) groups excluding carboxylic acids is 1. The average Bonchev–Trinajstić information content (AvgIpc) is 2.99. The van der Waals surface area contributed by atoms with E-state index in [4.69, 9.17) is 27.9 Å². The molecule has 0 saturated carbocycles. The standard InChI is InChI=1S/C17H15Cl2N3O2/c1-24-16-11(19)7-6-10(18)15(16)17(23)20-9-8-14-21-12-4-2-3-5-13(12)22-14/h2-7H,8-9H2,1H3,(H,20,23)(H,21,22). The molecule has 0 saturated heterocycles. The number of fused-ring (bicyclic) bond motifs is 1. The van der Waals surface area contributed by atoms with Crippen LogP contribution in [-0.4, -0.2) is 29.5 Å². The molecule has 124 valence electrons. The van der Waals surface area contributed by atoms with Gasteiger partial charge in [0.2, 0.25) is 0 Å². The van der Waals surface area contributed by atoms with E-state index in [1.165, 1.54) is 7.11 Å². The van der Waals surface area contributed by atoms with Crippen LogP contribution in [0.1, 0.15) is 16.2 Å². The average molecular weight is 364 g/mol. The predicted octanol–water partition coefficient (Wildman–Crippen LogP) is 3.85. The quantitative estimate of drug-likeness (QED) is 0.723. The second-order valence-electron chi connectivity index (χ2n) is 5.14. The third-order valence-electron chi connectivity index (χ3n) is 3.58. The molecular weight excluding hydrogens is 349 g/mol. The predicted molar refractivity (Wildman–Crippen MR) is 95.1 cm³/mol. The number of rotatable bonds is 5. The van der Waals surface area contributed by atoms with Crippen LogP contribution < -0.4 is 10.1 Å². The van der Waals surface area contributed by atoms with E-state index in [1.54, 1.807) is 12.1 Å². The Labute approximate surface area is 148 Å². The second-order valence-corrected chi connectivity index (χ2v) is 5.96. The molecule has 0 bridgehead atoms. The Kier molecular flexibility index (Phi) is 4.92. The highest BCUT2D eigenvalue weighted by Gasteiger charge is 2.19. The summed E-state index contributed by atoms with van der Waals surface area (Å²) in [5, 5.41) is 3.44. The second kappa shape index (κ2) is 7.11. The summed E-state index contributed by atoms with van der Waals surface area (Å²) >= 11 is 12.1. The molecule has 5 nitrogen and oxygen atoms in total. The number of imidazole rings is 1. The topological polar surface area (TPSA) is 67.0 Å². The number of hydrogen-bond acceptors (Lipinski definition) is 3. The van der Waals surface area contributed by atoms with Gasteiger partial charge in [0.05, 0.1) is 28.2 Å². The number of H-pyrrole nitrogens is 1. The van der Waals surface area contributed by atoms with E-state index in [0.717, 1.165) is 16.9 Å². The Balaban J connectivity index is 1.69. The molecule has 1 heterocycles. The fraction of sp³-hybridized carbons (Fsp3) is 0.176. The van der Waals surface area contributed by atoms with Gasteiger partial charge in [0.15, 0.2) is 5.75 Å². The van der Waals surface area contributed by atoms with Crippen molar-refractivity contribution in [3.05, 3.63) is 57.8 Å². The fourth-order valence-corrected chi connectivity index (χ4v) is 2.92. The Hall–Kier alpha value is -2.24. The van der Waals surface area contributed by atoms with Gasteiger partial charge >= 0.3 is 0 Å². The lowest BCUT2D eigenvalue weighted by molar-refractivity contribution is 0.0951. The smallest absolute Gasteiger partial charge is 0.256 e. The van der Waals surface area contributed by atoms with Gasteiger partial charge in [0.25, 0.3) is 5.91 Å². The monoisotopic (exact) mass is 363 g/mol. The summed E-state index contributed by atoms with van der Waals surface area (Å²) in [5.41, 5.74) is 2.10. The van der Waals surface area contributed by atoms with Crippen LogP contribution in [0.4, 0.5) is 0 Å². The summed E-state index contributed by atoms with van der Waals surface area (Å²) in [7, 11) is 1.45. The summed E-state index contributed by atoms with van der Waals surface area (Å²) < 4.78 is 5.19. The number of aromatic nitrogens is 2. The van der Waals surface area contributed by atoms with E-state index in [9.17, 15) is 4.79 Å². The van der Waals surface area contributed by atoms with Crippen molar-refractivity contribution >= 4 is 40.1 Å². The van der Waals surface area contributed by atoms with Gasteiger partial charge in [-0.25, -0.2) is 4.98 Å². The van der Waals surface area contributed by atoms with Crippen LogP contribution in [0.3, 0.4) is 0 Å². The molecule has 0 atom stereocenters. The summed E-state index contributed by atoms with van der Waals surface area (Å²) in [4.78, 5) is 20.1. The number of aromatic amines is 1. The van der Waals surface area contributed by atoms with Crippen LogP contribution in [-0.2, 0) is 6.42 Å². The lowest BCUT2D eigenvalue weighted by atomic mass is 10.2. The number of carbonyl (C=O) groups is 1. The third-order valence-corrected chi connectivity index (χ3v) is 4.19. The Bertz CT molecular complexity index is 860. The molecule has 7 heteroatoms. The molecule has 24 heavy (non-hydrogen) atoms. The van der Waals surface area contributed by atoms with E-state index in [0.29, 0.717) is 18.0 Å². The van der Waals surface area contributed by atoms with E-state index >= 15 is 0 Å². The highest BCUT2D eigenvalue weighted by Crippen LogP contribution is 2.33. The van der Waals surface area contributed by atoms with Gasteiger partial charge in [0, 0.05) is 13.0 Å². The number of ether oxygens (including phenoxy) is 1. The van der Waals surface area contributed by atoms with Crippen molar-refractivity contribution < 1.29 is 9.53 Å². The molecule has 2 aromatic carbocycles. The van der Waals surface area contributed by atoms with Crippen LogP contribution in [0.25, 0.3) is 11.0 Å². The third kappa shape index (κ3) is 3.32. The summed E-state index contributed by atoms with van der Waals surface area (Å²) in [6.45, 7) is 0.407. The number of nitrogens with one attached hydrogen (secondary N) is 2. The van der Waals surface area contributed by atoms with Crippen LogP contribution in [0, 0.1) is 0 Å². The lowest BCUT2D eigenvalue weighted by Gasteiger charge is -2.12. The Morgan fingerprint density at radius 2 is 1.96 bits per heavy atom. The Morgan fingerprint density at radius 1 is 1.21 bits per heavy atom. The van der Waals surface area contributed by atoms with Crippen LogP contribution in [0.5, 0.6) is 5.75 Å². The maximum atomic E-state index is 12.4. The van der Waals surface area contributed by atoms with Gasteiger partial charge in [-0.3, -0.25) is 4.79 Å². The van der Waals surface area contributed by atoms with Crippen molar-refractivity contribution in [2.45, 2.75) is 6.42 Å². The molecule has 0 unspecified atom stereocenters. The lowest BCUT2D eigenvalue weighted by Crippen LogP contribution is -2.26. The van der Waals surface area contributed by atoms with Gasteiger partial charge in [-0.2, -0.15) is 0 Å². The molecule has 0 radical (unpaired) electrons. The maximum absolute atomic E-state index is 12.4. The number of halogens is 2. The molecule has 3 aromatic rings. The summed E-state index contributed by atoms with van der Waals surface area (Å²) in [6, 6.07) is 10.9. The Morgan fingerprint density at radius 3 is 2.71 bits per heavy atom. The maximum Gasteiger partial charge on any atom is 0.256 e. The molecular formula is C17H15Cl2N3O2. The number of amides is 1. The van der Waals surface area contributed by atoms with E-state index in [2.05, 4.69) is 15.3 Å². The first-order chi connectivity index (χ1) is 11.6. The highest BCUT2D eigenvalue weighted by molar-refractivity contribution is 6.37.